The summed E-state index contributed by atoms with van der Waals surface area (Å²) in [6.07, 6.45) is 1.73. The minimum absolute atomic E-state index is 0.161. The number of likely N-dealkylation sites (tertiary alicyclic amines) is 2. The molecule has 1 atom stereocenters. The van der Waals surface area contributed by atoms with Gasteiger partial charge in [-0.1, -0.05) is 30.3 Å². The maximum absolute atomic E-state index is 14.4. The van der Waals surface area contributed by atoms with Gasteiger partial charge >= 0.3 is 0 Å². The Hall–Kier alpha value is -1.46. The fourth-order valence-corrected chi connectivity index (χ4v) is 3.63. The Kier molecular flexibility index (Phi) is 5.28. The Morgan fingerprint density at radius 2 is 1.65 bits per heavy atom. The third-order valence-corrected chi connectivity index (χ3v) is 5.10. The van der Waals surface area contributed by atoms with E-state index in [4.69, 9.17) is 0 Å². The van der Waals surface area contributed by atoms with E-state index in [1.54, 1.807) is 29.2 Å². The molecule has 23 heavy (non-hydrogen) atoms. The largest absolute Gasteiger partial charge is 0.393 e. The van der Waals surface area contributed by atoms with E-state index < -0.39 is 12.1 Å². The maximum atomic E-state index is 14.4. The molecule has 0 spiro atoms. The van der Waals surface area contributed by atoms with Crippen LogP contribution in [0.4, 0.5) is 4.39 Å². The zero-order chi connectivity index (χ0) is 16.2. The highest BCUT2D eigenvalue weighted by molar-refractivity contribution is 5.82. The first-order chi connectivity index (χ1) is 11.1. The Balaban J connectivity index is 1.51. The Labute approximate surface area is 136 Å². The Morgan fingerprint density at radius 1 is 1.04 bits per heavy atom. The number of aliphatic hydroxyl groups excluding tert-OH is 1. The molecule has 1 aromatic rings. The zero-order valence-corrected chi connectivity index (χ0v) is 13.4. The van der Waals surface area contributed by atoms with Gasteiger partial charge in [0.15, 0.2) is 0 Å². The maximum Gasteiger partial charge on any atom is 0.261 e. The number of nitrogens with zero attached hydrogens (tertiary/aromatic N) is 2. The molecule has 0 bridgehead atoms. The molecule has 2 fully saturated rings. The highest BCUT2D eigenvalue weighted by Gasteiger charge is 2.32. The van der Waals surface area contributed by atoms with E-state index in [9.17, 15) is 14.3 Å². The number of piperidine rings is 2. The lowest BCUT2D eigenvalue weighted by Gasteiger charge is -2.41. The molecule has 2 aliphatic rings. The van der Waals surface area contributed by atoms with Crippen molar-refractivity contribution < 1.29 is 14.3 Å². The van der Waals surface area contributed by atoms with Gasteiger partial charge in [-0.05, 0) is 31.2 Å². The van der Waals surface area contributed by atoms with Crippen LogP contribution in [0.15, 0.2) is 30.3 Å². The number of carbonyl (C=O) groups is 1. The number of alkyl halides is 1. The van der Waals surface area contributed by atoms with E-state index in [1.165, 1.54) is 0 Å². The van der Waals surface area contributed by atoms with Crippen molar-refractivity contribution in [3.8, 4) is 0 Å². The number of carbonyl (C=O) groups excluding carboxylic acids is 1. The van der Waals surface area contributed by atoms with Gasteiger partial charge in [-0.3, -0.25) is 4.79 Å². The second-order valence-corrected chi connectivity index (χ2v) is 6.60. The molecule has 3 rings (SSSR count). The van der Waals surface area contributed by atoms with Crippen LogP contribution in [0.1, 0.15) is 37.4 Å². The lowest BCUT2D eigenvalue weighted by molar-refractivity contribution is -0.138. The van der Waals surface area contributed by atoms with Crippen LogP contribution in [0.25, 0.3) is 0 Å². The highest BCUT2D eigenvalue weighted by Crippen LogP contribution is 2.25. The van der Waals surface area contributed by atoms with Crippen LogP contribution in [0.5, 0.6) is 0 Å². The molecule has 126 valence electrons. The molecule has 5 heteroatoms. The molecule has 0 aliphatic carbocycles. The first kappa shape index (κ1) is 16.4. The van der Waals surface area contributed by atoms with E-state index >= 15 is 0 Å². The molecular formula is C18H25FN2O2. The fraction of sp³-hybridized carbons (Fsp3) is 0.611. The van der Waals surface area contributed by atoms with Crippen molar-refractivity contribution in [1.29, 1.82) is 0 Å². The summed E-state index contributed by atoms with van der Waals surface area (Å²) >= 11 is 0. The van der Waals surface area contributed by atoms with Crippen molar-refractivity contribution >= 4 is 5.91 Å². The monoisotopic (exact) mass is 320 g/mol. The molecule has 1 aromatic carbocycles. The lowest BCUT2D eigenvalue weighted by atomic mass is 9.98. The van der Waals surface area contributed by atoms with Gasteiger partial charge in [-0.2, -0.15) is 0 Å². The van der Waals surface area contributed by atoms with Crippen molar-refractivity contribution in [2.75, 3.05) is 26.2 Å². The molecule has 0 radical (unpaired) electrons. The predicted octanol–water partition coefficient (Wildman–Crippen LogP) is 2.14. The number of aliphatic hydroxyl groups is 1. The van der Waals surface area contributed by atoms with Crippen molar-refractivity contribution in [2.45, 2.75) is 44.0 Å². The first-order valence-corrected chi connectivity index (χ1v) is 8.55. The number of benzene rings is 1. The Bertz CT molecular complexity index is 509. The average Bonchev–Trinajstić information content (AvgIpc) is 2.62. The van der Waals surface area contributed by atoms with E-state index in [0.717, 1.165) is 38.8 Å². The summed E-state index contributed by atoms with van der Waals surface area (Å²) in [5.74, 6) is -0.413. The normalized spacial score (nSPS) is 23.0. The molecule has 2 saturated heterocycles. The third kappa shape index (κ3) is 3.90. The molecular weight excluding hydrogens is 295 g/mol. The van der Waals surface area contributed by atoms with Crippen LogP contribution in [-0.2, 0) is 4.79 Å². The number of amides is 1. The van der Waals surface area contributed by atoms with Crippen LogP contribution in [0.3, 0.4) is 0 Å². The molecule has 1 amide bonds. The molecule has 4 nitrogen and oxygen atoms in total. The van der Waals surface area contributed by atoms with E-state index in [1.807, 2.05) is 6.07 Å². The summed E-state index contributed by atoms with van der Waals surface area (Å²) < 4.78 is 14.4. The summed E-state index contributed by atoms with van der Waals surface area (Å²) in [5.41, 5.74) is 0.435. The van der Waals surface area contributed by atoms with Crippen LogP contribution in [-0.4, -0.2) is 59.1 Å². The summed E-state index contributed by atoms with van der Waals surface area (Å²) in [4.78, 5) is 16.4. The van der Waals surface area contributed by atoms with E-state index in [-0.39, 0.29) is 6.10 Å². The van der Waals surface area contributed by atoms with Gasteiger partial charge in [-0.25, -0.2) is 4.39 Å². The number of hydrogen-bond acceptors (Lipinski definition) is 3. The van der Waals surface area contributed by atoms with Crippen molar-refractivity contribution in [3.05, 3.63) is 35.9 Å². The summed E-state index contributed by atoms with van der Waals surface area (Å²) in [5, 5.41) is 9.59. The topological polar surface area (TPSA) is 43.8 Å². The van der Waals surface area contributed by atoms with Gasteiger partial charge in [0.25, 0.3) is 5.91 Å². The van der Waals surface area contributed by atoms with E-state index in [2.05, 4.69) is 4.90 Å². The number of rotatable bonds is 3. The lowest BCUT2D eigenvalue weighted by Crippen LogP contribution is -2.50. The molecule has 0 unspecified atom stereocenters. The fourth-order valence-electron chi connectivity index (χ4n) is 3.63. The van der Waals surface area contributed by atoms with Gasteiger partial charge < -0.3 is 14.9 Å². The van der Waals surface area contributed by atoms with Crippen LogP contribution in [0.2, 0.25) is 0 Å². The van der Waals surface area contributed by atoms with Gasteiger partial charge in [0.2, 0.25) is 6.17 Å². The molecule has 2 aliphatic heterocycles. The minimum atomic E-state index is -1.56. The SMILES string of the molecule is O=C([C@H](F)c1ccccc1)N1CCC(N2CCC(O)CC2)CC1. The van der Waals surface area contributed by atoms with Gasteiger partial charge in [-0.15, -0.1) is 0 Å². The van der Waals surface area contributed by atoms with E-state index in [0.29, 0.717) is 24.7 Å². The molecule has 2 heterocycles. The standard InChI is InChI=1S/C18H25FN2O2/c19-17(14-4-2-1-3-5-14)18(23)21-10-6-15(7-11-21)20-12-8-16(22)9-13-20/h1-5,15-17,22H,6-13H2/t17-/m1/s1. The van der Waals surface area contributed by atoms with Crippen molar-refractivity contribution in [2.24, 2.45) is 0 Å². The van der Waals surface area contributed by atoms with Crippen LogP contribution >= 0.6 is 0 Å². The first-order valence-electron chi connectivity index (χ1n) is 8.55. The average molecular weight is 320 g/mol. The summed E-state index contributed by atoms with van der Waals surface area (Å²) in [7, 11) is 0. The van der Waals surface area contributed by atoms with Crippen molar-refractivity contribution in [3.63, 3.8) is 0 Å². The smallest absolute Gasteiger partial charge is 0.261 e. The second kappa shape index (κ2) is 7.41. The molecule has 1 N–H and O–H groups in total. The molecule has 0 aromatic heterocycles. The van der Waals surface area contributed by atoms with Crippen molar-refractivity contribution in [1.82, 2.24) is 9.80 Å². The third-order valence-electron chi connectivity index (χ3n) is 5.10. The molecule has 0 saturated carbocycles. The van der Waals surface area contributed by atoms with Gasteiger partial charge in [0.1, 0.15) is 0 Å². The summed E-state index contributed by atoms with van der Waals surface area (Å²) in [6, 6.07) is 9.12. The number of hydrogen-bond donors (Lipinski definition) is 1. The second-order valence-electron chi connectivity index (χ2n) is 6.60. The zero-order valence-electron chi connectivity index (χ0n) is 13.4. The Morgan fingerprint density at radius 3 is 2.26 bits per heavy atom. The minimum Gasteiger partial charge on any atom is -0.393 e. The highest BCUT2D eigenvalue weighted by atomic mass is 19.1. The van der Waals surface area contributed by atoms with Gasteiger partial charge in [0.05, 0.1) is 6.10 Å². The predicted molar refractivity (Wildman–Crippen MR) is 86.7 cm³/mol. The van der Waals surface area contributed by atoms with Crippen LogP contribution in [0, 0.1) is 0 Å². The quantitative estimate of drug-likeness (QED) is 0.928. The number of halogens is 1. The summed E-state index contributed by atoms with van der Waals surface area (Å²) in [6.45, 7) is 3.09. The van der Waals surface area contributed by atoms with Gasteiger partial charge in [0, 0.05) is 32.2 Å². The van der Waals surface area contributed by atoms with Crippen LogP contribution < -0.4 is 0 Å².